The number of nitrogens with zero attached hydrogens (tertiary/aromatic N) is 2. The molecule has 6 heteroatoms. The van der Waals surface area contributed by atoms with E-state index < -0.39 is 5.97 Å². The average molecular weight is 286 g/mol. The molecule has 20 heavy (non-hydrogen) atoms. The van der Waals surface area contributed by atoms with Crippen molar-refractivity contribution in [3.05, 3.63) is 52.0 Å². The predicted molar refractivity (Wildman–Crippen MR) is 75.7 cm³/mol. The van der Waals surface area contributed by atoms with Crippen LogP contribution in [0.1, 0.15) is 10.6 Å². The monoisotopic (exact) mass is 286 g/mol. The minimum atomic E-state index is -0.474. The number of carbonyl (C=O) groups excluding carboxylic acids is 1. The van der Waals surface area contributed by atoms with Crippen molar-refractivity contribution in [1.29, 1.82) is 0 Å². The average Bonchev–Trinajstić information content (AvgIpc) is 3.10. The van der Waals surface area contributed by atoms with E-state index >= 15 is 0 Å². The zero-order valence-electron chi connectivity index (χ0n) is 10.6. The number of thiophene rings is 1. The van der Waals surface area contributed by atoms with Gasteiger partial charge in [0.1, 0.15) is 0 Å². The van der Waals surface area contributed by atoms with Crippen LogP contribution in [0.2, 0.25) is 0 Å². The van der Waals surface area contributed by atoms with Crippen molar-refractivity contribution in [2.45, 2.75) is 0 Å². The number of aromatic nitrogens is 1. The Labute approximate surface area is 119 Å². The molecule has 1 aliphatic rings. The van der Waals surface area contributed by atoms with Gasteiger partial charge in [0.05, 0.1) is 17.7 Å². The molecule has 2 aromatic heterocycles. The lowest BCUT2D eigenvalue weighted by molar-refractivity contribution is -0.129. The van der Waals surface area contributed by atoms with Crippen molar-refractivity contribution in [2.75, 3.05) is 7.11 Å². The molecular weight excluding hydrogens is 276 g/mol. The fraction of sp³-hybridized carbons (Fsp3) is 0.0714. The van der Waals surface area contributed by atoms with Crippen LogP contribution in [0.15, 0.2) is 46.4 Å². The van der Waals surface area contributed by atoms with Gasteiger partial charge in [-0.2, -0.15) is 0 Å². The molecule has 0 aliphatic carbocycles. The van der Waals surface area contributed by atoms with E-state index in [2.05, 4.69) is 9.98 Å². The molecule has 2 aromatic rings. The first-order valence-corrected chi connectivity index (χ1v) is 6.72. The lowest BCUT2D eigenvalue weighted by Crippen LogP contribution is -2.03. The Morgan fingerprint density at radius 3 is 2.95 bits per heavy atom. The standard InChI is InChI=1S/C14H10N2O3S/c1-18-12-6-2-4-9(15-12)8-10-14(17)19-13(16-10)11-5-3-7-20-11/h2-8H,1H3/b10-8+. The van der Waals surface area contributed by atoms with Gasteiger partial charge in [0.15, 0.2) is 5.70 Å². The van der Waals surface area contributed by atoms with Gasteiger partial charge in [0.25, 0.3) is 0 Å². The summed E-state index contributed by atoms with van der Waals surface area (Å²) in [5.41, 5.74) is 0.821. The maximum absolute atomic E-state index is 11.8. The summed E-state index contributed by atoms with van der Waals surface area (Å²) in [6, 6.07) is 9.02. The van der Waals surface area contributed by atoms with Gasteiger partial charge in [0, 0.05) is 6.07 Å². The van der Waals surface area contributed by atoms with Crippen LogP contribution in [0.4, 0.5) is 0 Å². The van der Waals surface area contributed by atoms with E-state index in [1.54, 1.807) is 24.3 Å². The van der Waals surface area contributed by atoms with Crippen molar-refractivity contribution in [3.8, 4) is 5.88 Å². The number of esters is 1. The van der Waals surface area contributed by atoms with Crippen LogP contribution >= 0.6 is 11.3 Å². The van der Waals surface area contributed by atoms with Crippen LogP contribution in [0.25, 0.3) is 6.08 Å². The highest BCUT2D eigenvalue weighted by Gasteiger charge is 2.24. The van der Waals surface area contributed by atoms with E-state index in [1.165, 1.54) is 18.4 Å². The number of hydrogen-bond donors (Lipinski definition) is 0. The summed E-state index contributed by atoms with van der Waals surface area (Å²) in [7, 11) is 1.54. The van der Waals surface area contributed by atoms with Gasteiger partial charge in [-0.15, -0.1) is 11.3 Å². The molecule has 0 fully saturated rings. The molecule has 1 aliphatic heterocycles. The maximum Gasteiger partial charge on any atom is 0.363 e. The first-order valence-electron chi connectivity index (χ1n) is 5.84. The highest BCUT2D eigenvalue weighted by atomic mass is 32.1. The number of aliphatic imine (C=N–C) groups is 1. The summed E-state index contributed by atoms with van der Waals surface area (Å²) in [6.45, 7) is 0. The van der Waals surface area contributed by atoms with Gasteiger partial charge in [-0.1, -0.05) is 12.1 Å². The highest BCUT2D eigenvalue weighted by molar-refractivity contribution is 7.12. The quantitative estimate of drug-likeness (QED) is 0.642. The molecule has 5 nitrogen and oxygen atoms in total. The number of hydrogen-bond acceptors (Lipinski definition) is 6. The van der Waals surface area contributed by atoms with Gasteiger partial charge >= 0.3 is 5.97 Å². The Bertz CT molecular complexity index is 705. The number of ether oxygens (including phenoxy) is 2. The highest BCUT2D eigenvalue weighted by Crippen LogP contribution is 2.21. The Morgan fingerprint density at radius 2 is 2.20 bits per heavy atom. The van der Waals surface area contributed by atoms with Gasteiger partial charge in [-0.25, -0.2) is 14.8 Å². The minimum absolute atomic E-state index is 0.231. The molecule has 0 aromatic carbocycles. The first-order chi connectivity index (χ1) is 9.76. The summed E-state index contributed by atoms with van der Waals surface area (Å²) in [5.74, 6) is 0.338. The fourth-order valence-electron chi connectivity index (χ4n) is 1.68. The smallest absolute Gasteiger partial charge is 0.363 e. The van der Waals surface area contributed by atoms with E-state index in [0.29, 0.717) is 17.5 Å². The molecule has 100 valence electrons. The lowest BCUT2D eigenvalue weighted by Gasteiger charge is -1.98. The van der Waals surface area contributed by atoms with E-state index in [-0.39, 0.29) is 5.70 Å². The molecule has 3 rings (SSSR count). The number of methoxy groups -OCH3 is 1. The Morgan fingerprint density at radius 1 is 1.30 bits per heavy atom. The van der Waals surface area contributed by atoms with E-state index in [4.69, 9.17) is 9.47 Å². The molecule has 0 unspecified atom stereocenters. The molecule has 0 saturated carbocycles. The van der Waals surface area contributed by atoms with E-state index in [9.17, 15) is 4.79 Å². The lowest BCUT2D eigenvalue weighted by atomic mass is 10.3. The number of carbonyl (C=O) groups is 1. The summed E-state index contributed by atoms with van der Waals surface area (Å²) < 4.78 is 10.2. The van der Waals surface area contributed by atoms with Crippen LogP contribution < -0.4 is 4.74 Å². The number of rotatable bonds is 3. The zero-order chi connectivity index (χ0) is 13.9. The third kappa shape index (κ3) is 2.46. The molecule has 0 radical (unpaired) electrons. The van der Waals surface area contributed by atoms with Crippen molar-refractivity contribution in [2.24, 2.45) is 4.99 Å². The second kappa shape index (κ2) is 5.26. The van der Waals surface area contributed by atoms with Crippen molar-refractivity contribution >= 4 is 29.3 Å². The topological polar surface area (TPSA) is 60.8 Å². The minimum Gasteiger partial charge on any atom is -0.481 e. The van der Waals surface area contributed by atoms with Crippen molar-refractivity contribution in [3.63, 3.8) is 0 Å². The molecule has 0 atom stereocenters. The van der Waals surface area contributed by atoms with Gasteiger partial charge in [-0.05, 0) is 23.6 Å². The van der Waals surface area contributed by atoms with Crippen LogP contribution in [0.5, 0.6) is 5.88 Å². The third-order valence-corrected chi connectivity index (χ3v) is 3.45. The second-order valence-corrected chi connectivity index (χ2v) is 4.87. The molecule has 0 bridgehead atoms. The van der Waals surface area contributed by atoms with Crippen LogP contribution in [0.3, 0.4) is 0 Å². The molecule has 0 saturated heterocycles. The van der Waals surface area contributed by atoms with Crippen molar-refractivity contribution in [1.82, 2.24) is 4.98 Å². The van der Waals surface area contributed by atoms with Crippen molar-refractivity contribution < 1.29 is 14.3 Å². The third-order valence-electron chi connectivity index (χ3n) is 2.59. The van der Waals surface area contributed by atoms with Gasteiger partial charge in [-0.3, -0.25) is 0 Å². The molecule has 0 spiro atoms. The summed E-state index contributed by atoms with van der Waals surface area (Å²) in [6.07, 6.45) is 1.57. The zero-order valence-corrected chi connectivity index (χ0v) is 11.4. The Hall–Kier alpha value is -2.47. The Balaban J connectivity index is 1.93. The summed E-state index contributed by atoms with van der Waals surface area (Å²) in [5, 5.41) is 1.90. The maximum atomic E-state index is 11.8. The molecular formula is C14H10N2O3S. The summed E-state index contributed by atoms with van der Waals surface area (Å²) in [4.78, 5) is 21.0. The largest absolute Gasteiger partial charge is 0.481 e. The van der Waals surface area contributed by atoms with Crippen LogP contribution in [-0.4, -0.2) is 24.0 Å². The second-order valence-electron chi connectivity index (χ2n) is 3.92. The fourth-order valence-corrected chi connectivity index (χ4v) is 2.33. The predicted octanol–water partition coefficient (Wildman–Crippen LogP) is 2.50. The van der Waals surface area contributed by atoms with Crippen LogP contribution in [-0.2, 0) is 9.53 Å². The van der Waals surface area contributed by atoms with Gasteiger partial charge < -0.3 is 9.47 Å². The molecule has 0 N–H and O–H groups in total. The van der Waals surface area contributed by atoms with E-state index in [1.807, 2.05) is 17.5 Å². The van der Waals surface area contributed by atoms with E-state index in [0.717, 1.165) is 4.88 Å². The summed E-state index contributed by atoms with van der Waals surface area (Å²) >= 11 is 1.47. The number of pyridine rings is 1. The van der Waals surface area contributed by atoms with Crippen LogP contribution in [0, 0.1) is 0 Å². The SMILES string of the molecule is COc1cccc(/C=C2/N=C(c3cccs3)OC2=O)n1. The molecule has 0 amide bonds. The Kier molecular flexibility index (Phi) is 3.30. The van der Waals surface area contributed by atoms with Gasteiger partial charge in [0.2, 0.25) is 11.8 Å². The first kappa shape index (κ1) is 12.6. The molecule has 3 heterocycles. The normalized spacial score (nSPS) is 16.1. The number of cyclic esters (lactones) is 1.